The number of nitrogens with two attached hydrogens (primary N) is 1. The van der Waals surface area contributed by atoms with Crippen LogP contribution in [0.5, 0.6) is 11.5 Å². The van der Waals surface area contributed by atoms with Crippen LogP contribution in [0.4, 0.5) is 5.69 Å². The first-order valence-corrected chi connectivity index (χ1v) is 7.37. The molecule has 1 atom stereocenters. The van der Waals surface area contributed by atoms with E-state index in [1.807, 2.05) is 24.3 Å². The number of hydrogen-bond donors (Lipinski definition) is 1. The van der Waals surface area contributed by atoms with Crippen molar-refractivity contribution in [1.29, 1.82) is 0 Å². The van der Waals surface area contributed by atoms with Gasteiger partial charge in [-0.15, -0.1) is 0 Å². The molecule has 2 rings (SSSR count). The molecule has 0 aliphatic rings. The van der Waals surface area contributed by atoms with Crippen LogP contribution in [-0.4, -0.2) is 28.7 Å². The van der Waals surface area contributed by atoms with Crippen molar-refractivity contribution in [2.24, 2.45) is 0 Å². The lowest BCUT2D eigenvalue weighted by Gasteiger charge is -2.08. The predicted octanol–water partition coefficient (Wildman–Crippen LogP) is 1.86. The molecule has 1 aromatic carbocycles. The van der Waals surface area contributed by atoms with Crippen molar-refractivity contribution in [3.05, 3.63) is 42.7 Å². The lowest BCUT2D eigenvalue weighted by atomic mass is 10.3. The molecule has 1 aromatic heterocycles. The van der Waals surface area contributed by atoms with E-state index in [0.717, 1.165) is 5.75 Å². The molecule has 0 fully saturated rings. The Kier molecular flexibility index (Phi) is 4.95. The van der Waals surface area contributed by atoms with Gasteiger partial charge in [0.05, 0.1) is 40.4 Å². The van der Waals surface area contributed by atoms with E-state index >= 15 is 0 Å². The summed E-state index contributed by atoms with van der Waals surface area (Å²) in [6, 6.07) is 8.91. The third kappa shape index (κ3) is 3.71. The third-order valence-electron chi connectivity index (χ3n) is 2.65. The van der Waals surface area contributed by atoms with Gasteiger partial charge in [-0.2, -0.15) is 0 Å². The van der Waals surface area contributed by atoms with Gasteiger partial charge in [0.25, 0.3) is 0 Å². The number of methoxy groups -OCH3 is 1. The largest absolute Gasteiger partial charge is 0.497 e. The molecule has 2 N–H and O–H groups in total. The van der Waals surface area contributed by atoms with Crippen LogP contribution >= 0.6 is 0 Å². The normalized spacial score (nSPS) is 11.8. The molecular formula is C14H16N2O3S. The van der Waals surface area contributed by atoms with Gasteiger partial charge < -0.3 is 15.2 Å². The summed E-state index contributed by atoms with van der Waals surface area (Å²) in [6.45, 7) is 0.348. The molecule has 0 aliphatic heterocycles. The van der Waals surface area contributed by atoms with Crippen molar-refractivity contribution in [3.8, 4) is 11.5 Å². The maximum Gasteiger partial charge on any atom is 0.119 e. The van der Waals surface area contributed by atoms with Gasteiger partial charge in [0, 0.05) is 6.20 Å². The Balaban J connectivity index is 1.86. The number of aromatic nitrogens is 1. The Labute approximate surface area is 120 Å². The maximum absolute atomic E-state index is 12.1. The van der Waals surface area contributed by atoms with E-state index in [1.54, 1.807) is 19.4 Å². The summed E-state index contributed by atoms with van der Waals surface area (Å²) in [7, 11) is 0.420. The molecule has 0 aliphatic carbocycles. The van der Waals surface area contributed by atoms with Crippen LogP contribution in [0.25, 0.3) is 0 Å². The molecule has 0 radical (unpaired) electrons. The molecule has 0 saturated heterocycles. The lowest BCUT2D eigenvalue weighted by molar-refractivity contribution is 0.341. The van der Waals surface area contributed by atoms with Crippen molar-refractivity contribution < 1.29 is 13.7 Å². The van der Waals surface area contributed by atoms with Crippen molar-refractivity contribution in [3.63, 3.8) is 0 Å². The number of nitrogens with zero attached hydrogens (tertiary/aromatic N) is 1. The number of pyridine rings is 1. The quantitative estimate of drug-likeness (QED) is 0.879. The monoisotopic (exact) mass is 292 g/mol. The van der Waals surface area contributed by atoms with E-state index in [2.05, 4.69) is 4.98 Å². The molecule has 0 saturated carbocycles. The van der Waals surface area contributed by atoms with Gasteiger partial charge in [0.15, 0.2) is 0 Å². The fraction of sp³-hybridized carbons (Fsp3) is 0.214. The topological polar surface area (TPSA) is 74.4 Å². The number of benzene rings is 1. The van der Waals surface area contributed by atoms with Crippen LogP contribution in [0.3, 0.4) is 0 Å². The predicted molar refractivity (Wildman–Crippen MR) is 78.4 cm³/mol. The number of rotatable bonds is 6. The van der Waals surface area contributed by atoms with Crippen LogP contribution < -0.4 is 15.2 Å². The van der Waals surface area contributed by atoms with E-state index in [-0.39, 0.29) is 0 Å². The van der Waals surface area contributed by atoms with Crippen LogP contribution in [-0.2, 0) is 10.8 Å². The lowest BCUT2D eigenvalue weighted by Crippen LogP contribution is -2.10. The minimum absolute atomic E-state index is 0.348. The summed E-state index contributed by atoms with van der Waals surface area (Å²) in [5.74, 6) is 1.86. The molecule has 0 spiro atoms. The molecule has 1 unspecified atom stereocenters. The Hall–Kier alpha value is -2.08. The second-order valence-electron chi connectivity index (χ2n) is 3.99. The zero-order chi connectivity index (χ0) is 14.4. The molecule has 0 amide bonds. The average Bonchev–Trinajstić information content (AvgIpc) is 2.48. The molecule has 0 bridgehead atoms. The van der Waals surface area contributed by atoms with Crippen molar-refractivity contribution >= 4 is 16.5 Å². The zero-order valence-corrected chi connectivity index (χ0v) is 11.9. The molecule has 1 heterocycles. The van der Waals surface area contributed by atoms with Gasteiger partial charge in [-0.05, 0) is 30.3 Å². The second-order valence-corrected chi connectivity index (χ2v) is 5.53. The highest BCUT2D eigenvalue weighted by atomic mass is 32.2. The summed E-state index contributed by atoms with van der Waals surface area (Å²) in [5.41, 5.74) is 6.17. The number of anilines is 1. The molecule has 2 aromatic rings. The van der Waals surface area contributed by atoms with Crippen molar-refractivity contribution in [2.75, 3.05) is 25.2 Å². The fourth-order valence-corrected chi connectivity index (χ4v) is 2.60. The van der Waals surface area contributed by atoms with E-state index < -0.39 is 10.8 Å². The second kappa shape index (κ2) is 6.91. The first-order chi connectivity index (χ1) is 9.70. The summed E-state index contributed by atoms with van der Waals surface area (Å²) in [6.07, 6.45) is 3.07. The molecule has 20 heavy (non-hydrogen) atoms. The Morgan fingerprint density at radius 3 is 2.55 bits per heavy atom. The molecular weight excluding hydrogens is 276 g/mol. The van der Waals surface area contributed by atoms with E-state index in [9.17, 15) is 4.21 Å². The highest BCUT2D eigenvalue weighted by Crippen LogP contribution is 2.18. The van der Waals surface area contributed by atoms with Crippen LogP contribution in [0.15, 0.2) is 47.6 Å². The van der Waals surface area contributed by atoms with Gasteiger partial charge in [0.1, 0.15) is 18.1 Å². The molecule has 5 nitrogen and oxygen atoms in total. The summed E-state index contributed by atoms with van der Waals surface area (Å²) in [5, 5.41) is 0. The summed E-state index contributed by atoms with van der Waals surface area (Å²) >= 11 is 0. The highest BCUT2D eigenvalue weighted by molar-refractivity contribution is 7.85. The maximum atomic E-state index is 12.1. The van der Waals surface area contributed by atoms with Crippen LogP contribution in [0.1, 0.15) is 0 Å². The minimum Gasteiger partial charge on any atom is -0.497 e. The zero-order valence-electron chi connectivity index (χ0n) is 11.1. The fourth-order valence-electron chi connectivity index (χ4n) is 1.62. The number of nitrogen functional groups attached to an aromatic ring is 1. The Bertz CT molecular complexity index is 587. The Morgan fingerprint density at radius 2 is 1.90 bits per heavy atom. The first-order valence-electron chi connectivity index (χ1n) is 6.05. The molecule has 106 valence electrons. The van der Waals surface area contributed by atoms with Gasteiger partial charge in [-0.1, -0.05) is 0 Å². The van der Waals surface area contributed by atoms with E-state index in [1.165, 1.54) is 6.20 Å². The number of hydrogen-bond acceptors (Lipinski definition) is 5. The highest BCUT2D eigenvalue weighted by Gasteiger charge is 2.07. The smallest absolute Gasteiger partial charge is 0.119 e. The van der Waals surface area contributed by atoms with Gasteiger partial charge in [-0.25, -0.2) is 0 Å². The van der Waals surface area contributed by atoms with E-state index in [0.29, 0.717) is 28.7 Å². The van der Waals surface area contributed by atoms with Gasteiger partial charge in [0.2, 0.25) is 0 Å². The first kappa shape index (κ1) is 14.3. The number of ether oxygens (including phenoxy) is 2. The third-order valence-corrected chi connectivity index (χ3v) is 4.05. The van der Waals surface area contributed by atoms with Crippen molar-refractivity contribution in [1.82, 2.24) is 4.98 Å². The van der Waals surface area contributed by atoms with Crippen molar-refractivity contribution in [2.45, 2.75) is 4.90 Å². The van der Waals surface area contributed by atoms with Gasteiger partial charge >= 0.3 is 0 Å². The van der Waals surface area contributed by atoms with Crippen LogP contribution in [0, 0.1) is 0 Å². The summed E-state index contributed by atoms with van der Waals surface area (Å²) in [4.78, 5) is 4.46. The summed E-state index contributed by atoms with van der Waals surface area (Å²) < 4.78 is 22.7. The van der Waals surface area contributed by atoms with Crippen LogP contribution in [0.2, 0.25) is 0 Å². The Morgan fingerprint density at radius 1 is 1.20 bits per heavy atom. The standard InChI is InChI=1S/C14H16N2O3S/c1-18-11-2-4-12(5-3-11)19-8-9-20(17)14-6-7-16-10-13(14)15/h2-7,10H,8-9,15H2,1H3. The SMILES string of the molecule is COc1ccc(OCCS(=O)c2ccncc2N)cc1. The average molecular weight is 292 g/mol. The molecule has 6 heteroatoms. The van der Waals surface area contributed by atoms with E-state index in [4.69, 9.17) is 15.2 Å². The minimum atomic E-state index is -1.19. The van der Waals surface area contributed by atoms with Gasteiger partial charge in [-0.3, -0.25) is 9.19 Å².